The molecule has 0 aromatic rings. The van der Waals surface area contributed by atoms with Crippen molar-refractivity contribution in [3.8, 4) is 0 Å². The van der Waals surface area contributed by atoms with Crippen LogP contribution in [0, 0.1) is 0 Å². The van der Waals surface area contributed by atoms with E-state index in [1.807, 2.05) is 0 Å². The summed E-state index contributed by atoms with van der Waals surface area (Å²) in [5, 5.41) is 0. The summed E-state index contributed by atoms with van der Waals surface area (Å²) in [4.78, 5) is 42.5. The quantitative estimate of drug-likeness (QED) is 0.0289. The lowest BCUT2D eigenvalue weighted by Crippen LogP contribution is -2.29. The van der Waals surface area contributed by atoms with Crippen molar-refractivity contribution >= 4 is 19.8 Å². The van der Waals surface area contributed by atoms with E-state index in [2.05, 4.69) is 30.5 Å². The van der Waals surface area contributed by atoms with Gasteiger partial charge in [-0.1, -0.05) is 161 Å². The normalized spacial score (nSPS) is 12.5. The molecule has 0 rings (SSSR count). The Balaban J connectivity index is 3.82. The number of hydrogen-bond donors (Lipinski definition) is 2. The van der Waals surface area contributed by atoms with Gasteiger partial charge in [-0.25, -0.2) is 4.57 Å². The molecular weight excluding hydrogens is 615 g/mol. The molecule has 0 saturated carbocycles. The highest BCUT2D eigenvalue weighted by Crippen LogP contribution is 2.36. The third-order valence-corrected chi connectivity index (χ3v) is 9.02. The van der Waals surface area contributed by atoms with Crippen LogP contribution in [0.15, 0.2) is 12.2 Å². The molecule has 0 aliphatic rings. The number of rotatable bonds is 36. The van der Waals surface area contributed by atoms with Gasteiger partial charge in [0, 0.05) is 12.8 Å². The molecule has 0 spiro atoms. The van der Waals surface area contributed by atoms with Crippen LogP contribution in [0.1, 0.15) is 200 Å². The van der Waals surface area contributed by atoms with Crippen molar-refractivity contribution in [2.24, 2.45) is 0 Å². The van der Waals surface area contributed by atoms with Crippen LogP contribution in [0.3, 0.4) is 0 Å². The zero-order chi connectivity index (χ0) is 34.7. The van der Waals surface area contributed by atoms with Crippen LogP contribution in [0.25, 0.3) is 0 Å². The van der Waals surface area contributed by atoms with E-state index in [4.69, 9.17) is 19.3 Å². The van der Waals surface area contributed by atoms with Gasteiger partial charge in [0.1, 0.15) is 6.61 Å². The second-order valence-electron chi connectivity index (χ2n) is 13.3. The van der Waals surface area contributed by atoms with E-state index >= 15 is 0 Å². The van der Waals surface area contributed by atoms with E-state index in [0.717, 1.165) is 38.5 Å². The van der Waals surface area contributed by atoms with E-state index < -0.39 is 32.5 Å². The summed E-state index contributed by atoms with van der Waals surface area (Å²) in [6.45, 7) is 3.65. The Morgan fingerprint density at radius 2 is 0.894 bits per heavy atom. The van der Waals surface area contributed by atoms with Gasteiger partial charge in [0.05, 0.1) is 6.61 Å². The molecule has 0 saturated heterocycles. The standard InChI is InChI=1S/C38H73O8P/c1-3-5-7-9-11-13-14-15-16-17-18-19-20-21-22-23-24-25-27-29-31-33-38(40)46-36(35-45-47(41,42)43)34-44-37(39)32-30-28-26-12-10-8-6-4-2/h15-16,36H,3-14,17-35H2,1-2H3,(H2,41,42,43)/b16-15+/t36-/m1/s1. The van der Waals surface area contributed by atoms with E-state index in [-0.39, 0.29) is 19.4 Å². The summed E-state index contributed by atoms with van der Waals surface area (Å²) in [6.07, 6.45) is 36.7. The number of carbonyl (C=O) groups excluding carboxylic acids is 2. The first-order valence-corrected chi connectivity index (χ1v) is 21.0. The predicted octanol–water partition coefficient (Wildman–Crippen LogP) is 11.5. The Bertz CT molecular complexity index is 782. The summed E-state index contributed by atoms with van der Waals surface area (Å²) in [7, 11) is -4.74. The van der Waals surface area contributed by atoms with Crippen LogP contribution in [0.4, 0.5) is 0 Å². The van der Waals surface area contributed by atoms with E-state index in [1.54, 1.807) is 0 Å². The van der Waals surface area contributed by atoms with Gasteiger partial charge >= 0.3 is 19.8 Å². The monoisotopic (exact) mass is 689 g/mol. The highest BCUT2D eigenvalue weighted by atomic mass is 31.2. The van der Waals surface area contributed by atoms with Gasteiger partial charge < -0.3 is 19.3 Å². The lowest BCUT2D eigenvalue weighted by molar-refractivity contribution is -0.161. The van der Waals surface area contributed by atoms with E-state index in [0.29, 0.717) is 6.42 Å². The molecule has 0 aromatic carbocycles. The van der Waals surface area contributed by atoms with Crippen LogP contribution in [0.5, 0.6) is 0 Å². The summed E-state index contributed by atoms with van der Waals surface area (Å²) in [5.41, 5.74) is 0. The first-order valence-electron chi connectivity index (χ1n) is 19.5. The lowest BCUT2D eigenvalue weighted by atomic mass is 10.0. The predicted molar refractivity (Wildman–Crippen MR) is 193 cm³/mol. The van der Waals surface area contributed by atoms with Crippen LogP contribution in [-0.4, -0.2) is 41.0 Å². The molecule has 0 aliphatic carbocycles. The Morgan fingerprint density at radius 1 is 0.532 bits per heavy atom. The maximum Gasteiger partial charge on any atom is 0.469 e. The van der Waals surface area contributed by atoms with Crippen LogP contribution < -0.4 is 0 Å². The topological polar surface area (TPSA) is 119 Å². The molecule has 278 valence electrons. The smallest absolute Gasteiger partial charge is 0.462 e. The number of unbranched alkanes of at least 4 members (excludes halogenated alkanes) is 24. The molecule has 0 aliphatic heterocycles. The van der Waals surface area contributed by atoms with Gasteiger partial charge in [0.25, 0.3) is 0 Å². The maximum absolute atomic E-state index is 12.3. The third kappa shape index (κ3) is 37.5. The lowest BCUT2D eigenvalue weighted by Gasteiger charge is -2.18. The van der Waals surface area contributed by atoms with Gasteiger partial charge in [0.2, 0.25) is 0 Å². The molecule has 0 fully saturated rings. The van der Waals surface area contributed by atoms with Gasteiger partial charge in [-0.2, -0.15) is 0 Å². The molecule has 0 radical (unpaired) electrons. The summed E-state index contributed by atoms with van der Waals surface area (Å²) in [6, 6.07) is 0. The second-order valence-corrected chi connectivity index (χ2v) is 14.5. The molecule has 0 unspecified atom stereocenters. The van der Waals surface area contributed by atoms with Gasteiger partial charge in [0.15, 0.2) is 6.10 Å². The molecule has 0 amide bonds. The van der Waals surface area contributed by atoms with Gasteiger partial charge in [-0.05, 0) is 38.5 Å². The Labute approximate surface area is 288 Å². The fourth-order valence-electron chi connectivity index (χ4n) is 5.60. The molecular formula is C38H73O8P. The number of ether oxygens (including phenoxy) is 2. The first-order chi connectivity index (χ1) is 22.8. The average molecular weight is 689 g/mol. The molecule has 0 aromatic heterocycles. The number of carbonyl (C=O) groups is 2. The average Bonchev–Trinajstić information content (AvgIpc) is 3.04. The molecule has 0 bridgehead atoms. The Morgan fingerprint density at radius 3 is 1.30 bits per heavy atom. The van der Waals surface area contributed by atoms with Crippen LogP contribution in [-0.2, 0) is 28.2 Å². The van der Waals surface area contributed by atoms with Crippen molar-refractivity contribution in [2.45, 2.75) is 206 Å². The molecule has 8 nitrogen and oxygen atoms in total. The van der Waals surface area contributed by atoms with E-state index in [1.165, 1.54) is 128 Å². The van der Waals surface area contributed by atoms with Crippen molar-refractivity contribution in [2.75, 3.05) is 13.2 Å². The number of hydrogen-bond acceptors (Lipinski definition) is 6. The molecule has 0 heterocycles. The first kappa shape index (κ1) is 45.8. The van der Waals surface area contributed by atoms with Crippen molar-refractivity contribution in [1.82, 2.24) is 0 Å². The summed E-state index contributed by atoms with van der Waals surface area (Å²) < 4.78 is 26.2. The molecule has 2 N–H and O–H groups in total. The number of phosphoric acid groups is 1. The van der Waals surface area contributed by atoms with E-state index in [9.17, 15) is 14.2 Å². The zero-order valence-electron chi connectivity index (χ0n) is 30.4. The highest BCUT2D eigenvalue weighted by molar-refractivity contribution is 7.46. The maximum atomic E-state index is 12.3. The number of allylic oxidation sites excluding steroid dienone is 2. The largest absolute Gasteiger partial charge is 0.469 e. The fourth-order valence-corrected chi connectivity index (χ4v) is 5.96. The Kier molecular flexibility index (Phi) is 33.8. The number of phosphoric ester groups is 1. The van der Waals surface area contributed by atoms with Crippen LogP contribution in [0.2, 0.25) is 0 Å². The second kappa shape index (κ2) is 34.6. The summed E-state index contributed by atoms with van der Waals surface area (Å²) in [5.74, 6) is -0.883. The molecule has 9 heteroatoms. The molecule has 47 heavy (non-hydrogen) atoms. The van der Waals surface area contributed by atoms with Crippen molar-refractivity contribution in [1.29, 1.82) is 0 Å². The minimum Gasteiger partial charge on any atom is -0.462 e. The van der Waals surface area contributed by atoms with Crippen LogP contribution >= 0.6 is 7.82 Å². The van der Waals surface area contributed by atoms with Crippen molar-refractivity contribution in [3.05, 3.63) is 12.2 Å². The summed E-state index contributed by atoms with van der Waals surface area (Å²) >= 11 is 0. The highest BCUT2D eigenvalue weighted by Gasteiger charge is 2.22. The number of esters is 2. The zero-order valence-corrected chi connectivity index (χ0v) is 31.3. The third-order valence-electron chi connectivity index (χ3n) is 8.53. The van der Waals surface area contributed by atoms with Gasteiger partial charge in [-0.15, -0.1) is 0 Å². The van der Waals surface area contributed by atoms with Crippen molar-refractivity contribution < 1.29 is 37.9 Å². The van der Waals surface area contributed by atoms with Gasteiger partial charge in [-0.3, -0.25) is 14.1 Å². The minimum absolute atomic E-state index is 0.215. The Hall–Kier alpha value is -1.21. The van der Waals surface area contributed by atoms with Crippen molar-refractivity contribution in [3.63, 3.8) is 0 Å². The minimum atomic E-state index is -4.74. The SMILES string of the molecule is CCCCCCCC/C=C/CCCCCCCCCCCCCC(=O)O[C@H](COC(=O)CCCCCCCCCC)COP(=O)(O)O. The molecule has 1 atom stereocenters. The fraction of sp³-hybridized carbons (Fsp3) is 0.895.